The Kier molecular flexibility index (Phi) is 5.34. The zero-order valence-electron chi connectivity index (χ0n) is 11.8. The number of thiophene rings is 1. The van der Waals surface area contributed by atoms with Crippen molar-refractivity contribution >= 4 is 23.6 Å². The number of hydrogen-bond acceptors (Lipinski definition) is 5. The second-order valence-electron chi connectivity index (χ2n) is 4.26. The average Bonchev–Trinajstić information content (AvgIpc) is 2.91. The molecule has 2 rings (SSSR count). The van der Waals surface area contributed by atoms with E-state index in [1.54, 1.807) is 24.7 Å². The lowest BCUT2D eigenvalue weighted by Gasteiger charge is -2.05. The molecule has 1 N–H and O–H groups in total. The molecule has 0 aliphatic heterocycles. The molecule has 0 fully saturated rings. The Morgan fingerprint density at radius 1 is 1.33 bits per heavy atom. The summed E-state index contributed by atoms with van der Waals surface area (Å²) in [5, 5.41) is 5.83. The van der Waals surface area contributed by atoms with Crippen molar-refractivity contribution in [3.63, 3.8) is 0 Å². The van der Waals surface area contributed by atoms with E-state index in [0.717, 1.165) is 21.8 Å². The maximum Gasteiger partial charge on any atom is 0.428 e. The molecule has 0 radical (unpaired) electrons. The highest BCUT2D eigenvalue weighted by atomic mass is 32.1. The lowest BCUT2D eigenvalue weighted by molar-refractivity contribution is 0.140. The van der Waals surface area contributed by atoms with Gasteiger partial charge in [0.05, 0.1) is 13.3 Å². The number of aryl methyl sites for hydroxylation is 1. The molecule has 1 aromatic carbocycles. The van der Waals surface area contributed by atoms with E-state index in [2.05, 4.69) is 10.5 Å². The van der Waals surface area contributed by atoms with Crippen molar-refractivity contribution in [2.45, 2.75) is 13.5 Å². The predicted octanol–water partition coefficient (Wildman–Crippen LogP) is 3.33. The fourth-order valence-electron chi connectivity index (χ4n) is 1.56. The van der Waals surface area contributed by atoms with Crippen molar-refractivity contribution in [3.8, 4) is 5.75 Å². The van der Waals surface area contributed by atoms with Crippen molar-refractivity contribution in [3.05, 3.63) is 51.7 Å². The Hall–Kier alpha value is -2.34. The average molecular weight is 304 g/mol. The minimum Gasteiger partial charge on any atom is -0.497 e. The van der Waals surface area contributed by atoms with Crippen molar-refractivity contribution < 1.29 is 14.3 Å². The number of methoxy groups -OCH3 is 1. The molecule has 5 nitrogen and oxygen atoms in total. The van der Waals surface area contributed by atoms with E-state index in [1.165, 1.54) is 0 Å². The Balaban J connectivity index is 1.76. The molecule has 110 valence electrons. The van der Waals surface area contributed by atoms with Crippen LogP contribution in [0.4, 0.5) is 4.79 Å². The summed E-state index contributed by atoms with van der Waals surface area (Å²) >= 11 is 1.56. The largest absolute Gasteiger partial charge is 0.497 e. The number of carbonyl (C=O) groups is 1. The van der Waals surface area contributed by atoms with Crippen LogP contribution in [0.25, 0.3) is 0 Å². The summed E-state index contributed by atoms with van der Waals surface area (Å²) < 4.78 is 10.1. The maximum atomic E-state index is 11.5. The number of nitrogens with one attached hydrogen (secondary N) is 1. The molecule has 21 heavy (non-hydrogen) atoms. The molecule has 1 heterocycles. The molecule has 0 saturated heterocycles. The van der Waals surface area contributed by atoms with Gasteiger partial charge in [-0.25, -0.2) is 10.2 Å². The molecule has 0 aliphatic carbocycles. The van der Waals surface area contributed by atoms with Gasteiger partial charge < -0.3 is 9.47 Å². The van der Waals surface area contributed by atoms with E-state index < -0.39 is 6.09 Å². The van der Waals surface area contributed by atoms with Gasteiger partial charge >= 0.3 is 6.09 Å². The van der Waals surface area contributed by atoms with E-state index in [-0.39, 0.29) is 6.61 Å². The molecular formula is C15H16N2O3S. The van der Waals surface area contributed by atoms with Gasteiger partial charge in [-0.1, -0.05) is 12.1 Å². The minimum atomic E-state index is -0.587. The SMILES string of the molecule is COc1ccc(COC(=O)NN=Cc2sccc2C)cc1. The van der Waals surface area contributed by atoms with Crippen LogP contribution < -0.4 is 10.2 Å². The van der Waals surface area contributed by atoms with Crippen LogP contribution in [0.5, 0.6) is 5.75 Å². The Morgan fingerprint density at radius 2 is 2.10 bits per heavy atom. The first-order valence-electron chi connectivity index (χ1n) is 6.32. The first-order chi connectivity index (χ1) is 10.2. The monoisotopic (exact) mass is 304 g/mol. The number of rotatable bonds is 5. The van der Waals surface area contributed by atoms with E-state index in [9.17, 15) is 4.79 Å². The van der Waals surface area contributed by atoms with E-state index in [1.807, 2.05) is 42.6 Å². The molecule has 0 unspecified atom stereocenters. The molecular weight excluding hydrogens is 288 g/mol. The highest BCUT2D eigenvalue weighted by Crippen LogP contribution is 2.13. The van der Waals surface area contributed by atoms with E-state index >= 15 is 0 Å². The van der Waals surface area contributed by atoms with Crippen LogP contribution in [0, 0.1) is 6.92 Å². The topological polar surface area (TPSA) is 59.9 Å². The predicted molar refractivity (Wildman–Crippen MR) is 83.0 cm³/mol. The van der Waals surface area contributed by atoms with Crippen LogP contribution in [0.1, 0.15) is 16.0 Å². The van der Waals surface area contributed by atoms with Gasteiger partial charge in [0.2, 0.25) is 0 Å². The smallest absolute Gasteiger partial charge is 0.428 e. The first-order valence-corrected chi connectivity index (χ1v) is 7.20. The zero-order chi connectivity index (χ0) is 15.1. The van der Waals surface area contributed by atoms with Crippen LogP contribution in [0.3, 0.4) is 0 Å². The number of hydrazone groups is 1. The van der Waals surface area contributed by atoms with E-state index in [4.69, 9.17) is 9.47 Å². The summed E-state index contributed by atoms with van der Waals surface area (Å²) in [4.78, 5) is 12.5. The molecule has 0 spiro atoms. The lowest BCUT2D eigenvalue weighted by atomic mass is 10.2. The third-order valence-electron chi connectivity index (χ3n) is 2.77. The molecule has 6 heteroatoms. The number of carbonyl (C=O) groups excluding carboxylic acids is 1. The number of amides is 1. The van der Waals surface area contributed by atoms with Gasteiger partial charge in [-0.3, -0.25) is 0 Å². The first kappa shape index (κ1) is 15.1. The summed E-state index contributed by atoms with van der Waals surface area (Å²) in [6.45, 7) is 2.17. The summed E-state index contributed by atoms with van der Waals surface area (Å²) in [5.74, 6) is 0.763. The van der Waals surface area contributed by atoms with Gasteiger partial charge in [0.1, 0.15) is 12.4 Å². The van der Waals surface area contributed by atoms with Gasteiger partial charge in [0.25, 0.3) is 0 Å². The molecule has 1 aromatic heterocycles. The minimum absolute atomic E-state index is 0.184. The molecule has 1 amide bonds. The normalized spacial score (nSPS) is 10.6. The van der Waals surface area contributed by atoms with Crippen LogP contribution >= 0.6 is 11.3 Å². The Labute approximate surface area is 127 Å². The van der Waals surface area contributed by atoms with Crippen molar-refractivity contribution in [2.24, 2.45) is 5.10 Å². The van der Waals surface area contributed by atoms with Crippen LogP contribution in [-0.4, -0.2) is 19.4 Å². The number of ether oxygens (including phenoxy) is 2. The summed E-state index contributed by atoms with van der Waals surface area (Å²) in [7, 11) is 1.60. The van der Waals surface area contributed by atoms with Gasteiger partial charge in [0, 0.05) is 4.88 Å². The van der Waals surface area contributed by atoms with Crippen LogP contribution in [0.2, 0.25) is 0 Å². The van der Waals surface area contributed by atoms with Crippen molar-refractivity contribution in [1.29, 1.82) is 0 Å². The van der Waals surface area contributed by atoms with Crippen LogP contribution in [-0.2, 0) is 11.3 Å². The Bertz CT molecular complexity index is 620. The third-order valence-corrected chi connectivity index (χ3v) is 3.72. The number of hydrogen-bond donors (Lipinski definition) is 1. The fourth-order valence-corrected chi connectivity index (χ4v) is 2.35. The molecule has 2 aromatic rings. The number of nitrogens with zero attached hydrogens (tertiary/aromatic N) is 1. The van der Waals surface area contributed by atoms with Crippen molar-refractivity contribution in [2.75, 3.05) is 7.11 Å². The molecule has 0 bridgehead atoms. The number of benzene rings is 1. The standard InChI is InChI=1S/C15H16N2O3S/c1-11-7-8-21-14(11)9-16-17-15(18)20-10-12-3-5-13(19-2)6-4-12/h3-9H,10H2,1-2H3,(H,17,18). The van der Waals surface area contributed by atoms with Gasteiger partial charge in [0.15, 0.2) is 0 Å². The maximum absolute atomic E-state index is 11.5. The molecule has 0 saturated carbocycles. The van der Waals surface area contributed by atoms with Crippen LogP contribution in [0.15, 0.2) is 40.8 Å². The summed E-state index contributed by atoms with van der Waals surface area (Å²) in [6, 6.07) is 9.30. The van der Waals surface area contributed by atoms with E-state index in [0.29, 0.717) is 0 Å². The quantitative estimate of drug-likeness (QED) is 0.681. The third kappa shape index (κ3) is 4.61. The van der Waals surface area contributed by atoms with Crippen molar-refractivity contribution in [1.82, 2.24) is 5.43 Å². The molecule has 0 atom stereocenters. The Morgan fingerprint density at radius 3 is 2.71 bits per heavy atom. The lowest BCUT2D eigenvalue weighted by Crippen LogP contribution is -2.18. The summed E-state index contributed by atoms with van der Waals surface area (Å²) in [5.41, 5.74) is 4.33. The van der Waals surface area contributed by atoms with Gasteiger partial charge in [-0.15, -0.1) is 11.3 Å². The second-order valence-corrected chi connectivity index (χ2v) is 5.21. The van der Waals surface area contributed by atoms with Gasteiger partial charge in [-0.2, -0.15) is 5.10 Å². The second kappa shape index (κ2) is 7.44. The molecule has 0 aliphatic rings. The van der Waals surface area contributed by atoms with Gasteiger partial charge in [-0.05, 0) is 41.6 Å². The highest BCUT2D eigenvalue weighted by molar-refractivity contribution is 7.11. The zero-order valence-corrected chi connectivity index (χ0v) is 12.6. The highest BCUT2D eigenvalue weighted by Gasteiger charge is 2.02. The fraction of sp³-hybridized carbons (Fsp3) is 0.200. The summed E-state index contributed by atoms with van der Waals surface area (Å²) in [6.07, 6.45) is 1.02.